The third-order valence-corrected chi connectivity index (χ3v) is 3.60. The number of rotatable bonds is 6. The standard InChI is InChI=1S/C17H22NOP/c1-13(2)19-16-10-8-14(9-11-16)12-18-17(20)15-6-4-3-5-7-15/h3-11,13,17-18H,12,20H2,1-2H3. The normalized spacial score (nSPS) is 12.4. The molecule has 2 aromatic carbocycles. The Bertz CT molecular complexity index is 510. The second kappa shape index (κ2) is 7.42. The van der Waals surface area contributed by atoms with Gasteiger partial charge in [0.1, 0.15) is 5.75 Å². The van der Waals surface area contributed by atoms with Gasteiger partial charge in [0, 0.05) is 12.3 Å². The van der Waals surface area contributed by atoms with Gasteiger partial charge in [0.25, 0.3) is 0 Å². The Kier molecular flexibility index (Phi) is 5.58. The van der Waals surface area contributed by atoms with E-state index in [0.29, 0.717) is 0 Å². The van der Waals surface area contributed by atoms with Crippen LogP contribution in [0.3, 0.4) is 0 Å². The molecule has 0 fully saturated rings. The van der Waals surface area contributed by atoms with Gasteiger partial charge >= 0.3 is 0 Å². The number of nitrogens with one attached hydrogen (secondary N) is 1. The summed E-state index contributed by atoms with van der Waals surface area (Å²) >= 11 is 0. The van der Waals surface area contributed by atoms with E-state index >= 15 is 0 Å². The van der Waals surface area contributed by atoms with E-state index in [0.717, 1.165) is 12.3 Å². The van der Waals surface area contributed by atoms with Crippen LogP contribution in [-0.4, -0.2) is 6.10 Å². The van der Waals surface area contributed by atoms with Gasteiger partial charge in [0.2, 0.25) is 0 Å². The van der Waals surface area contributed by atoms with Crippen LogP contribution in [0, 0.1) is 0 Å². The first-order chi connectivity index (χ1) is 9.65. The molecule has 0 aliphatic carbocycles. The lowest BCUT2D eigenvalue weighted by Crippen LogP contribution is -2.15. The minimum Gasteiger partial charge on any atom is -0.491 e. The summed E-state index contributed by atoms with van der Waals surface area (Å²) in [7, 11) is 2.84. The quantitative estimate of drug-likeness (QED) is 0.806. The van der Waals surface area contributed by atoms with Crippen molar-refractivity contribution in [3.63, 3.8) is 0 Å². The van der Waals surface area contributed by atoms with E-state index < -0.39 is 0 Å². The summed E-state index contributed by atoms with van der Waals surface area (Å²) in [4.78, 5) is 0. The van der Waals surface area contributed by atoms with Gasteiger partial charge in [0.15, 0.2) is 0 Å². The topological polar surface area (TPSA) is 21.3 Å². The van der Waals surface area contributed by atoms with Gasteiger partial charge in [-0.1, -0.05) is 42.5 Å². The lowest BCUT2D eigenvalue weighted by Gasteiger charge is -2.14. The van der Waals surface area contributed by atoms with E-state index in [4.69, 9.17) is 4.74 Å². The molecule has 106 valence electrons. The summed E-state index contributed by atoms with van der Waals surface area (Å²) in [5.74, 6) is 1.19. The van der Waals surface area contributed by atoms with Crippen LogP contribution >= 0.6 is 9.24 Å². The lowest BCUT2D eigenvalue weighted by molar-refractivity contribution is 0.242. The van der Waals surface area contributed by atoms with Crippen molar-refractivity contribution in [1.29, 1.82) is 0 Å². The molecule has 1 N–H and O–H groups in total. The Morgan fingerprint density at radius 1 is 1.00 bits per heavy atom. The second-order valence-electron chi connectivity index (χ2n) is 5.08. The van der Waals surface area contributed by atoms with Crippen molar-refractivity contribution in [3.05, 3.63) is 65.7 Å². The molecule has 2 nitrogen and oxygen atoms in total. The zero-order chi connectivity index (χ0) is 14.4. The zero-order valence-electron chi connectivity index (χ0n) is 12.0. The summed E-state index contributed by atoms with van der Waals surface area (Å²) in [6, 6.07) is 18.7. The Labute approximate surface area is 123 Å². The van der Waals surface area contributed by atoms with Crippen molar-refractivity contribution in [2.24, 2.45) is 0 Å². The summed E-state index contributed by atoms with van der Waals surface area (Å²) in [5, 5.41) is 3.50. The van der Waals surface area contributed by atoms with E-state index in [9.17, 15) is 0 Å². The SMILES string of the molecule is CC(C)Oc1ccc(CNC(P)c2ccccc2)cc1. The molecule has 3 heteroatoms. The zero-order valence-corrected chi connectivity index (χ0v) is 13.2. The highest BCUT2D eigenvalue weighted by Gasteiger charge is 2.04. The van der Waals surface area contributed by atoms with Crippen LogP contribution in [0.1, 0.15) is 30.8 Å². The van der Waals surface area contributed by atoms with E-state index in [1.54, 1.807) is 0 Å². The molecule has 0 radical (unpaired) electrons. The molecule has 0 heterocycles. The lowest BCUT2D eigenvalue weighted by atomic mass is 10.2. The first-order valence-electron chi connectivity index (χ1n) is 6.94. The Morgan fingerprint density at radius 2 is 1.65 bits per heavy atom. The van der Waals surface area contributed by atoms with Crippen LogP contribution in [0.5, 0.6) is 5.75 Å². The largest absolute Gasteiger partial charge is 0.491 e. The Morgan fingerprint density at radius 3 is 2.25 bits per heavy atom. The van der Waals surface area contributed by atoms with Crippen molar-refractivity contribution >= 4 is 9.24 Å². The fourth-order valence-corrected chi connectivity index (χ4v) is 2.30. The van der Waals surface area contributed by atoms with Crippen LogP contribution in [-0.2, 0) is 6.54 Å². The number of hydrogen-bond donors (Lipinski definition) is 1. The monoisotopic (exact) mass is 287 g/mol. The van der Waals surface area contributed by atoms with Crippen molar-refractivity contribution in [1.82, 2.24) is 5.32 Å². The van der Waals surface area contributed by atoms with E-state index in [1.165, 1.54) is 11.1 Å². The molecular weight excluding hydrogens is 265 g/mol. The summed E-state index contributed by atoms with van der Waals surface area (Å²) in [6.45, 7) is 4.91. The maximum atomic E-state index is 5.64. The molecule has 0 aromatic heterocycles. The highest BCUT2D eigenvalue weighted by atomic mass is 31.0. The van der Waals surface area contributed by atoms with E-state index in [2.05, 4.69) is 51.0 Å². The summed E-state index contributed by atoms with van der Waals surface area (Å²) in [6.07, 6.45) is 0.216. The molecule has 0 bridgehead atoms. The highest BCUT2D eigenvalue weighted by molar-refractivity contribution is 7.17. The molecule has 2 atom stereocenters. The first-order valence-corrected chi connectivity index (χ1v) is 7.61. The molecular formula is C17H22NOP. The van der Waals surface area contributed by atoms with Crippen molar-refractivity contribution in [2.75, 3.05) is 0 Å². The predicted molar refractivity (Wildman–Crippen MR) is 87.9 cm³/mol. The van der Waals surface area contributed by atoms with Gasteiger partial charge < -0.3 is 10.1 Å². The Balaban J connectivity index is 1.88. The van der Waals surface area contributed by atoms with Crippen LogP contribution < -0.4 is 10.1 Å². The number of benzene rings is 2. The van der Waals surface area contributed by atoms with Crippen molar-refractivity contribution in [3.8, 4) is 5.75 Å². The van der Waals surface area contributed by atoms with Crippen LogP contribution in [0.4, 0.5) is 0 Å². The van der Waals surface area contributed by atoms with Crippen LogP contribution in [0.2, 0.25) is 0 Å². The second-order valence-corrected chi connectivity index (χ2v) is 5.75. The molecule has 2 unspecified atom stereocenters. The maximum Gasteiger partial charge on any atom is 0.119 e. The summed E-state index contributed by atoms with van der Waals surface area (Å²) < 4.78 is 5.64. The van der Waals surface area contributed by atoms with E-state index in [1.807, 2.05) is 32.0 Å². The van der Waals surface area contributed by atoms with Crippen LogP contribution in [0.25, 0.3) is 0 Å². The number of hydrogen-bond acceptors (Lipinski definition) is 2. The molecule has 2 rings (SSSR count). The molecule has 0 saturated heterocycles. The molecule has 2 aromatic rings. The maximum absolute atomic E-state index is 5.64. The van der Waals surface area contributed by atoms with Crippen molar-refractivity contribution in [2.45, 2.75) is 32.3 Å². The van der Waals surface area contributed by atoms with Gasteiger partial charge in [-0.3, -0.25) is 0 Å². The summed E-state index contributed by atoms with van der Waals surface area (Å²) in [5.41, 5.74) is 2.53. The molecule has 0 saturated carbocycles. The predicted octanol–water partition coefficient (Wildman–Crippen LogP) is 4.14. The Hall–Kier alpha value is -1.37. The van der Waals surface area contributed by atoms with Gasteiger partial charge in [-0.05, 0) is 37.1 Å². The highest BCUT2D eigenvalue weighted by Crippen LogP contribution is 2.20. The van der Waals surface area contributed by atoms with Gasteiger partial charge in [0.05, 0.1) is 6.10 Å². The molecule has 0 amide bonds. The molecule has 20 heavy (non-hydrogen) atoms. The molecule has 0 aliphatic heterocycles. The van der Waals surface area contributed by atoms with Crippen LogP contribution in [0.15, 0.2) is 54.6 Å². The smallest absolute Gasteiger partial charge is 0.119 e. The van der Waals surface area contributed by atoms with Gasteiger partial charge in [-0.2, -0.15) is 0 Å². The third-order valence-electron chi connectivity index (χ3n) is 2.98. The van der Waals surface area contributed by atoms with Gasteiger partial charge in [-0.25, -0.2) is 0 Å². The number of ether oxygens (including phenoxy) is 1. The van der Waals surface area contributed by atoms with E-state index in [-0.39, 0.29) is 11.9 Å². The van der Waals surface area contributed by atoms with Crippen molar-refractivity contribution < 1.29 is 4.74 Å². The third kappa shape index (κ3) is 4.63. The van der Waals surface area contributed by atoms with Gasteiger partial charge in [-0.15, -0.1) is 9.24 Å². The minimum atomic E-state index is 0.216. The average molecular weight is 287 g/mol. The first kappa shape index (κ1) is 15.0. The average Bonchev–Trinajstić information content (AvgIpc) is 2.46. The fraction of sp³-hybridized carbons (Fsp3) is 0.294. The fourth-order valence-electron chi connectivity index (χ4n) is 1.96. The molecule has 0 aliphatic rings. The molecule has 0 spiro atoms. The minimum absolute atomic E-state index is 0.216.